The number of ketones is 1. The summed E-state index contributed by atoms with van der Waals surface area (Å²) in [6.45, 7) is 86.1. The molecule has 4 heterocycles. The Hall–Kier alpha value is -9.02. The lowest BCUT2D eigenvalue weighted by atomic mass is 9.70. The molecule has 9 rings (SSSR count). The van der Waals surface area contributed by atoms with Crippen molar-refractivity contribution in [3.63, 3.8) is 0 Å². The Balaban J connectivity index is 0.000000432. The smallest absolute Gasteiger partial charge is 0.339 e. The van der Waals surface area contributed by atoms with Crippen molar-refractivity contribution in [2.75, 3.05) is 16.8 Å². The molecule has 0 spiro atoms. The van der Waals surface area contributed by atoms with Crippen LogP contribution in [0.5, 0.6) is 0 Å². The third-order valence-electron chi connectivity index (χ3n) is 24.4. The molecule has 1 aliphatic rings. The zero-order chi connectivity index (χ0) is 102. The van der Waals surface area contributed by atoms with Gasteiger partial charge in [-0.25, -0.2) is 29.9 Å². The number of hydrogen-bond donors (Lipinski definition) is 4. The van der Waals surface area contributed by atoms with Crippen molar-refractivity contribution < 1.29 is 42.7 Å². The van der Waals surface area contributed by atoms with Gasteiger partial charge >= 0.3 is 5.20 Å². The Morgan fingerprint density at radius 1 is 0.389 bits per heavy atom. The van der Waals surface area contributed by atoms with Crippen molar-refractivity contribution >= 4 is 128 Å². The van der Waals surface area contributed by atoms with Crippen molar-refractivity contribution in [3.8, 4) is 12.1 Å². The van der Waals surface area contributed by atoms with Crippen LogP contribution in [0.1, 0.15) is 340 Å². The molecule has 3 aromatic heterocycles. The number of rotatable bonds is 15. The lowest BCUT2D eigenvalue weighted by Crippen LogP contribution is -2.31. The summed E-state index contributed by atoms with van der Waals surface area (Å²) in [7, 11) is 0. The second-order valence-corrected chi connectivity index (χ2v) is 47.6. The zero-order valence-electron chi connectivity index (χ0n) is 85.1. The van der Waals surface area contributed by atoms with Gasteiger partial charge in [0.05, 0.1) is 41.1 Å². The summed E-state index contributed by atoms with van der Waals surface area (Å²) in [5, 5.41) is 22.5. The first-order valence-corrected chi connectivity index (χ1v) is 48.9. The molecule has 0 aliphatic carbocycles. The predicted molar refractivity (Wildman–Crippen MR) is 541 cm³/mol. The molecular formula is C103H141Cl6N12O9P. The van der Waals surface area contributed by atoms with Gasteiger partial charge in [0.25, 0.3) is 19.4 Å². The Morgan fingerprint density at radius 2 is 0.672 bits per heavy atom. The van der Waals surface area contributed by atoms with Crippen molar-refractivity contribution in [1.82, 2.24) is 35.2 Å². The molecule has 131 heavy (non-hydrogen) atoms. The quantitative estimate of drug-likeness (QED) is 0.0141. The molecule has 0 atom stereocenters. The van der Waals surface area contributed by atoms with Gasteiger partial charge in [-0.2, -0.15) is 10.5 Å². The van der Waals surface area contributed by atoms with E-state index in [-0.39, 0.29) is 74.4 Å². The summed E-state index contributed by atoms with van der Waals surface area (Å²) in [6, 6.07) is 4.58. The van der Waals surface area contributed by atoms with E-state index in [1.165, 1.54) is 55.6 Å². The molecule has 8 aromatic rings. The van der Waals surface area contributed by atoms with Crippen molar-refractivity contribution in [1.29, 1.82) is 10.5 Å². The number of nitrogens with two attached hydrogens (primary N) is 2. The Labute approximate surface area is 810 Å². The van der Waals surface area contributed by atoms with Crippen molar-refractivity contribution in [3.05, 3.63) is 222 Å². The Kier molecular flexibility index (Phi) is 41.5. The number of nitrogen functional groups attached to an aromatic ring is 2. The van der Waals surface area contributed by atoms with Gasteiger partial charge in [0, 0.05) is 63.8 Å². The third kappa shape index (κ3) is 30.0. The van der Waals surface area contributed by atoms with E-state index in [2.05, 4.69) is 256 Å². The molecule has 1 aliphatic heterocycles. The number of carbonyl (C=O) groups is 5. The van der Waals surface area contributed by atoms with Gasteiger partial charge in [0.1, 0.15) is 25.0 Å². The summed E-state index contributed by atoms with van der Waals surface area (Å²) >= 11 is 31.3. The van der Waals surface area contributed by atoms with Crippen molar-refractivity contribution in [2.24, 2.45) is 0 Å². The van der Waals surface area contributed by atoms with Crippen LogP contribution in [0.3, 0.4) is 0 Å². The van der Waals surface area contributed by atoms with Crippen LogP contribution in [0.2, 0.25) is 15.7 Å². The number of hydrogen-bond acceptors (Lipinski definition) is 20. The lowest BCUT2D eigenvalue weighted by molar-refractivity contribution is -0.130. The number of benzene rings is 5. The van der Waals surface area contributed by atoms with E-state index in [1.807, 2.05) is 83.1 Å². The minimum Gasteiger partial charge on any atom is -0.463 e. The van der Waals surface area contributed by atoms with E-state index in [9.17, 15) is 33.8 Å². The number of nitriles is 2. The number of nitrogens with zero attached hydrogens (tertiary/aromatic N) is 8. The number of anilines is 4. The second-order valence-electron chi connectivity index (χ2n) is 39.9. The number of nitrogens with one attached hydrogen (secondary N) is 2. The van der Waals surface area contributed by atoms with E-state index in [0.717, 1.165) is 157 Å². The molecule has 21 nitrogen and oxygen atoms in total. The summed E-state index contributed by atoms with van der Waals surface area (Å²) in [4.78, 5) is 80.8. The molecule has 0 saturated heterocycles. The maximum Gasteiger partial charge on any atom is 0.339 e. The highest BCUT2D eigenvalue weighted by atomic mass is 36.0. The van der Waals surface area contributed by atoms with Crippen LogP contribution in [0, 0.1) is 161 Å². The van der Waals surface area contributed by atoms with Crippen LogP contribution in [0.25, 0.3) is 0 Å². The maximum absolute atomic E-state index is 11.2. The zero-order valence-corrected chi connectivity index (χ0v) is 90.5. The van der Waals surface area contributed by atoms with Crippen molar-refractivity contribution in [2.45, 2.75) is 349 Å². The first-order chi connectivity index (χ1) is 59.7. The summed E-state index contributed by atoms with van der Waals surface area (Å²) in [5.41, 5.74) is 53.2. The third-order valence-corrected chi connectivity index (χ3v) is 25.1. The Morgan fingerprint density at radius 3 is 0.962 bits per heavy atom. The molecular weight excluding hydrogens is 1790 g/mol. The Bertz CT molecular complexity index is 5620. The molecule has 714 valence electrons. The SMILES string of the molecule is CC1=C(C)C(=O)CC(=O)N1.Cc1c(C)c(C#N)c(C)c(C)c1N.Cc1c(COC=O)c(C)c(C(C)(C)C)c(N)c1C(C)(C)C.Cc1nc(Cl)nc(Cc2c(C(C)(C)C)c(C)c(COC=O)c(C)c2C(C)(C)C)c1C.Cc1nc(Cl)nc(Cl)c1C.Cc1nc(Nc2c(C)c(C)c(C#N)c(C)c2C)nc(Cc2c(C(C)(C)C)c(C)c(COC=O)c(C)c2C(C)(C)C)c1C.O=P(Cl)(Cl)Cl. The standard InChI is InChI=1S/C36H48N4O2.C25H35ClN2O2.C18H29NO2.C11H14N2.C7H9NO2.C6H6Cl2N2.Cl3OP/c1-19-21(3)33(22(4)20(2)28(19)16-37)40-34-38-26(8)23(5)30(39-34)15-27-31(35(9,10)11)24(6)29(17-42-18-41)25(7)32(27)36(12,13)14;1-14-17(4)27-23(26)28-20(14)11-18-21(24(5,6)7)15(2)19(12-30-13-29)16(3)22(18)25(8,9)10;1-11-13(9-21-10-20)12(2)15(18(6,7)8)16(19)14(11)17(3,4)5;1-6-8(3)11(13)9(4)7(2)10(6)5-12;1-4-5(2)8-7(10)3-6(4)9;1-3-4(2)9-6(8)10-5(3)7;1-5(2,3)4/h18H,15,17H2,1-14H3,(H,38,39,40);13H,11-12H2,1-10H3;10H,9,19H2,1-8H3;13H2,1-4H3;3H2,1-2H3,(H,8,10);1-2H3;. The lowest BCUT2D eigenvalue weighted by Gasteiger charge is -2.35. The van der Waals surface area contributed by atoms with Gasteiger partial charge in [-0.15, -0.1) is 0 Å². The van der Waals surface area contributed by atoms with Gasteiger partial charge in [-0.3, -0.25) is 28.5 Å². The van der Waals surface area contributed by atoms with Crippen LogP contribution in [0.4, 0.5) is 23.0 Å². The molecule has 0 fully saturated rings. The number of carbonyl (C=O) groups excluding carboxylic acids is 5. The number of aromatic nitrogens is 6. The van der Waals surface area contributed by atoms with E-state index < -0.39 is 5.20 Å². The fourth-order valence-electron chi connectivity index (χ4n) is 17.5. The topological polar surface area (TPSA) is 331 Å². The molecule has 1 amide bonds. The van der Waals surface area contributed by atoms with E-state index >= 15 is 0 Å². The number of Topliss-reactive ketones (excluding diaryl/α,β-unsaturated/α-hetero) is 1. The van der Waals surface area contributed by atoms with Gasteiger partial charge in [0.15, 0.2) is 5.78 Å². The number of halogens is 6. The average molecular weight is 1940 g/mol. The van der Waals surface area contributed by atoms with Gasteiger partial charge in [-0.05, 0) is 392 Å². The monoisotopic (exact) mass is 1930 g/mol. The summed E-state index contributed by atoms with van der Waals surface area (Å²) < 4.78 is 25.1. The average Bonchev–Trinajstić information content (AvgIpc) is 0.738. The van der Waals surface area contributed by atoms with Gasteiger partial charge in [-0.1, -0.05) is 136 Å². The minimum atomic E-state index is -3.22. The largest absolute Gasteiger partial charge is 0.463 e. The highest BCUT2D eigenvalue weighted by molar-refractivity contribution is 8.24. The first-order valence-electron chi connectivity index (χ1n) is 43.3. The normalized spacial score (nSPS) is 12.2. The molecule has 0 radical (unpaired) electrons. The molecule has 0 unspecified atom stereocenters. The maximum atomic E-state index is 11.2. The minimum absolute atomic E-state index is 0.00315. The van der Waals surface area contributed by atoms with Crippen LogP contribution < -0.4 is 22.1 Å². The highest BCUT2D eigenvalue weighted by Crippen LogP contribution is 2.61. The highest BCUT2D eigenvalue weighted by Gasteiger charge is 2.36. The fraction of sp³-hybridized carbons (Fsp3) is 0.505. The summed E-state index contributed by atoms with van der Waals surface area (Å²) in [6.07, 6.45) is 1.34. The number of amides is 1. The van der Waals surface area contributed by atoms with Crippen LogP contribution in [-0.2, 0) is 108 Å². The molecule has 5 aromatic carbocycles. The molecule has 0 saturated carbocycles. The van der Waals surface area contributed by atoms with E-state index in [0.29, 0.717) is 61.2 Å². The van der Waals surface area contributed by atoms with Crippen LogP contribution >= 0.6 is 73.7 Å². The van der Waals surface area contributed by atoms with E-state index in [1.54, 1.807) is 13.8 Å². The summed E-state index contributed by atoms with van der Waals surface area (Å²) in [5.74, 6) is 0.288. The fourth-order valence-corrected chi connectivity index (χ4v) is 18.2. The molecule has 6 N–H and O–H groups in total. The molecule has 0 bridgehead atoms. The first kappa shape index (κ1) is 116. The number of ether oxygens (including phenoxy) is 3. The second kappa shape index (κ2) is 46.8. The van der Waals surface area contributed by atoms with Gasteiger partial charge < -0.3 is 36.3 Å². The van der Waals surface area contributed by atoms with E-state index in [4.69, 9.17) is 75.7 Å². The predicted octanol–water partition coefficient (Wildman–Crippen LogP) is 26.7. The van der Waals surface area contributed by atoms with Crippen LogP contribution in [0.15, 0.2) is 11.3 Å². The van der Waals surface area contributed by atoms with Gasteiger partial charge in [0.2, 0.25) is 22.4 Å². The number of allylic oxidation sites excluding steroid dienone is 2. The molecule has 28 heteroatoms. The number of aryl methyl sites for hydroxylation is 3. The van der Waals surface area contributed by atoms with Crippen LogP contribution in [-0.4, -0.2) is 61.0 Å².